The zero-order valence-electron chi connectivity index (χ0n) is 17.5. The number of nitrogens with zero attached hydrogens (tertiary/aromatic N) is 5. The predicted octanol–water partition coefficient (Wildman–Crippen LogP) is 3.49. The van der Waals surface area contributed by atoms with Crippen LogP contribution in [0.4, 0.5) is 5.69 Å². The van der Waals surface area contributed by atoms with Gasteiger partial charge in [-0.1, -0.05) is 41.9 Å². The predicted molar refractivity (Wildman–Crippen MR) is 122 cm³/mol. The van der Waals surface area contributed by atoms with Crippen LogP contribution < -0.4 is 10.5 Å². The Morgan fingerprint density at radius 3 is 2.53 bits per heavy atom. The van der Waals surface area contributed by atoms with Gasteiger partial charge in [0.15, 0.2) is 0 Å². The highest BCUT2D eigenvalue weighted by Crippen LogP contribution is 2.23. The fraction of sp³-hybridized carbons (Fsp3) is 0.130. The van der Waals surface area contributed by atoms with E-state index in [9.17, 15) is 9.59 Å². The molecule has 0 atom stereocenters. The lowest BCUT2D eigenvalue weighted by Gasteiger charge is -2.20. The van der Waals surface area contributed by atoms with Gasteiger partial charge in [-0.3, -0.25) is 4.79 Å². The molecular weight excluding hydrogens is 430 g/mol. The van der Waals surface area contributed by atoms with Gasteiger partial charge in [0.25, 0.3) is 5.56 Å². The summed E-state index contributed by atoms with van der Waals surface area (Å²) in [5.74, 6) is -0.568. The smallest absolute Gasteiger partial charge is 0.340 e. The average Bonchev–Trinajstić information content (AvgIpc) is 3.29. The van der Waals surface area contributed by atoms with Gasteiger partial charge >= 0.3 is 5.97 Å². The summed E-state index contributed by atoms with van der Waals surface area (Å²) < 4.78 is 7.68. The number of halogens is 1. The Hall–Kier alpha value is -3.91. The maximum absolute atomic E-state index is 13.0. The molecule has 0 saturated carbocycles. The van der Waals surface area contributed by atoms with Gasteiger partial charge in [0.2, 0.25) is 0 Å². The molecule has 0 saturated heterocycles. The number of carbonyl (C=O) groups excluding carboxylic acids is 1. The lowest BCUT2D eigenvalue weighted by atomic mass is 10.2. The average molecular weight is 450 g/mol. The van der Waals surface area contributed by atoms with E-state index in [0.717, 1.165) is 15.9 Å². The molecule has 0 spiro atoms. The Kier molecular flexibility index (Phi) is 6.04. The highest BCUT2D eigenvalue weighted by Gasteiger charge is 2.19. The van der Waals surface area contributed by atoms with E-state index < -0.39 is 11.5 Å². The van der Waals surface area contributed by atoms with Gasteiger partial charge in [0, 0.05) is 25.4 Å². The second kappa shape index (κ2) is 9.07. The quantitative estimate of drug-likeness (QED) is 0.419. The van der Waals surface area contributed by atoms with Crippen molar-refractivity contribution in [3.63, 3.8) is 0 Å². The van der Waals surface area contributed by atoms with E-state index in [0.29, 0.717) is 17.9 Å². The zero-order chi connectivity index (χ0) is 22.7. The van der Waals surface area contributed by atoms with E-state index in [-0.39, 0.29) is 10.6 Å². The molecule has 0 amide bonds. The van der Waals surface area contributed by atoms with Crippen LogP contribution in [-0.4, -0.2) is 39.7 Å². The Labute approximate surface area is 189 Å². The molecule has 4 rings (SSSR count). The number of hydrogen-bond donors (Lipinski definition) is 0. The van der Waals surface area contributed by atoms with Gasteiger partial charge in [-0.25, -0.2) is 9.48 Å². The number of aromatic nitrogens is 4. The van der Waals surface area contributed by atoms with Crippen LogP contribution in [0.15, 0.2) is 78.0 Å². The molecule has 4 aromatic rings. The zero-order valence-corrected chi connectivity index (χ0v) is 18.2. The summed E-state index contributed by atoms with van der Waals surface area (Å²) >= 11 is 6.42. The third kappa shape index (κ3) is 4.13. The molecule has 0 radical (unpaired) electrons. The van der Waals surface area contributed by atoms with Crippen molar-refractivity contribution in [2.45, 2.75) is 6.54 Å². The summed E-state index contributed by atoms with van der Waals surface area (Å²) in [6.07, 6.45) is 5.18. The summed E-state index contributed by atoms with van der Waals surface area (Å²) in [7, 11) is 3.09. The number of para-hydroxylation sites is 2. The molecule has 2 aromatic carbocycles. The maximum atomic E-state index is 13.0. The summed E-state index contributed by atoms with van der Waals surface area (Å²) in [4.78, 5) is 26.9. The molecule has 0 bridgehead atoms. The van der Waals surface area contributed by atoms with Gasteiger partial charge in [0.05, 0.1) is 42.1 Å². The van der Waals surface area contributed by atoms with E-state index >= 15 is 0 Å². The number of esters is 1. The number of hydrogen-bond acceptors (Lipinski definition) is 6. The molecule has 162 valence electrons. The minimum absolute atomic E-state index is 0.00220. The first-order valence-electron chi connectivity index (χ1n) is 9.75. The summed E-state index contributed by atoms with van der Waals surface area (Å²) in [6.45, 7) is 0.469. The third-order valence-electron chi connectivity index (χ3n) is 4.93. The third-order valence-corrected chi connectivity index (χ3v) is 5.28. The number of rotatable bonds is 6. The van der Waals surface area contributed by atoms with Crippen molar-refractivity contribution >= 4 is 23.3 Å². The molecule has 0 N–H and O–H groups in total. The van der Waals surface area contributed by atoms with Gasteiger partial charge < -0.3 is 9.64 Å². The number of anilines is 1. The summed E-state index contributed by atoms with van der Waals surface area (Å²) in [5.41, 5.74) is 2.34. The van der Waals surface area contributed by atoms with Crippen LogP contribution in [-0.2, 0) is 11.3 Å². The lowest BCUT2D eigenvalue weighted by Crippen LogP contribution is -2.27. The minimum atomic E-state index is -0.568. The lowest BCUT2D eigenvalue weighted by molar-refractivity contribution is 0.0600. The van der Waals surface area contributed by atoms with Crippen LogP contribution in [0.1, 0.15) is 15.9 Å². The Morgan fingerprint density at radius 2 is 1.78 bits per heavy atom. The summed E-state index contributed by atoms with van der Waals surface area (Å²) in [6, 6.07) is 16.3. The van der Waals surface area contributed by atoms with E-state index in [4.69, 9.17) is 16.3 Å². The maximum Gasteiger partial charge on any atom is 0.340 e. The first-order chi connectivity index (χ1) is 15.5. The Bertz CT molecular complexity index is 1320. The van der Waals surface area contributed by atoms with Gasteiger partial charge in [-0.05, 0) is 24.3 Å². The van der Waals surface area contributed by atoms with Crippen molar-refractivity contribution in [1.29, 1.82) is 0 Å². The van der Waals surface area contributed by atoms with Crippen molar-refractivity contribution in [2.75, 3.05) is 19.1 Å². The summed E-state index contributed by atoms with van der Waals surface area (Å²) in [5, 5.41) is 8.64. The molecule has 32 heavy (non-hydrogen) atoms. The Balaban J connectivity index is 1.61. The normalized spacial score (nSPS) is 10.7. The second-order valence-corrected chi connectivity index (χ2v) is 7.43. The molecule has 2 aromatic heterocycles. The molecule has 0 aliphatic carbocycles. The standard InChI is InChI=1S/C23H20ClN5O3/c1-27(14-16-12-25-28(15-16)17-8-4-3-5-9-17)20-13-26-29(22(30)21(20)24)19-11-7-6-10-18(19)23(31)32-2/h3-13,15H,14H2,1-2H3. The van der Waals surface area contributed by atoms with Crippen molar-refractivity contribution in [3.8, 4) is 11.4 Å². The molecule has 9 heteroatoms. The molecular formula is C23H20ClN5O3. The second-order valence-electron chi connectivity index (χ2n) is 7.05. The minimum Gasteiger partial charge on any atom is -0.465 e. The largest absolute Gasteiger partial charge is 0.465 e. The monoisotopic (exact) mass is 449 g/mol. The fourth-order valence-electron chi connectivity index (χ4n) is 3.33. The van der Waals surface area contributed by atoms with Crippen molar-refractivity contribution in [3.05, 3.63) is 99.7 Å². The number of ether oxygens (including phenoxy) is 1. The first-order valence-corrected chi connectivity index (χ1v) is 10.1. The van der Waals surface area contributed by atoms with Crippen LogP contribution in [0, 0.1) is 0 Å². The number of methoxy groups -OCH3 is 1. The Morgan fingerprint density at radius 1 is 1.06 bits per heavy atom. The number of carbonyl (C=O) groups is 1. The van der Waals surface area contributed by atoms with Crippen LogP contribution in [0.5, 0.6) is 0 Å². The molecule has 2 heterocycles. The van der Waals surface area contributed by atoms with E-state index in [2.05, 4.69) is 10.2 Å². The van der Waals surface area contributed by atoms with Crippen LogP contribution in [0.3, 0.4) is 0 Å². The van der Waals surface area contributed by atoms with Crippen molar-refractivity contribution < 1.29 is 9.53 Å². The molecule has 0 aliphatic heterocycles. The van der Waals surface area contributed by atoms with E-state index in [1.54, 1.807) is 35.1 Å². The highest BCUT2D eigenvalue weighted by molar-refractivity contribution is 6.33. The molecule has 0 fully saturated rings. The van der Waals surface area contributed by atoms with Crippen LogP contribution in [0.25, 0.3) is 11.4 Å². The van der Waals surface area contributed by atoms with Gasteiger partial charge in [-0.15, -0.1) is 0 Å². The van der Waals surface area contributed by atoms with Gasteiger partial charge in [0.1, 0.15) is 5.02 Å². The SMILES string of the molecule is COC(=O)c1ccccc1-n1ncc(N(C)Cc2cnn(-c3ccccc3)c2)c(Cl)c1=O. The highest BCUT2D eigenvalue weighted by atomic mass is 35.5. The van der Waals surface area contributed by atoms with Crippen LogP contribution in [0.2, 0.25) is 5.02 Å². The van der Waals surface area contributed by atoms with Crippen molar-refractivity contribution in [2.24, 2.45) is 0 Å². The molecule has 0 unspecified atom stereocenters. The number of benzene rings is 2. The van der Waals surface area contributed by atoms with E-state index in [1.807, 2.05) is 48.5 Å². The molecule has 8 nitrogen and oxygen atoms in total. The van der Waals surface area contributed by atoms with Gasteiger partial charge in [-0.2, -0.15) is 14.9 Å². The van der Waals surface area contributed by atoms with Crippen molar-refractivity contribution in [1.82, 2.24) is 19.6 Å². The van der Waals surface area contributed by atoms with E-state index in [1.165, 1.54) is 13.3 Å². The van der Waals surface area contributed by atoms with Crippen LogP contribution >= 0.6 is 11.6 Å². The molecule has 0 aliphatic rings. The topological polar surface area (TPSA) is 82.2 Å². The fourth-order valence-corrected chi connectivity index (χ4v) is 3.60. The first kappa shape index (κ1) is 21.3.